The molecule has 2 heterocycles. The molecule has 2 rings (SSSR count). The van der Waals surface area contributed by atoms with E-state index in [4.69, 9.17) is 10.5 Å². The van der Waals surface area contributed by atoms with Gasteiger partial charge in [-0.2, -0.15) is 10.4 Å². The maximum Gasteiger partial charge on any atom is 0.327 e. The molecule has 0 bridgehead atoms. The summed E-state index contributed by atoms with van der Waals surface area (Å²) in [7, 11) is 0. The zero-order valence-electron chi connectivity index (χ0n) is 11.6. The fourth-order valence-electron chi connectivity index (χ4n) is 2.35. The first kappa shape index (κ1) is 14.2. The molecular formula is C13H19N5O2. The van der Waals surface area contributed by atoms with Gasteiger partial charge >= 0.3 is 5.97 Å². The van der Waals surface area contributed by atoms with Gasteiger partial charge in [0.2, 0.25) is 0 Å². The Bertz CT molecular complexity index is 526. The molecule has 0 spiro atoms. The van der Waals surface area contributed by atoms with E-state index in [-0.39, 0.29) is 12.4 Å². The first-order valence-electron chi connectivity index (χ1n) is 6.84. The highest BCUT2D eigenvalue weighted by Crippen LogP contribution is 2.26. The molecule has 1 aromatic heterocycles. The lowest BCUT2D eigenvalue weighted by Crippen LogP contribution is -2.30. The summed E-state index contributed by atoms with van der Waals surface area (Å²) >= 11 is 0. The van der Waals surface area contributed by atoms with E-state index >= 15 is 0 Å². The molecule has 1 aliphatic rings. The van der Waals surface area contributed by atoms with Gasteiger partial charge in [-0.25, -0.2) is 4.68 Å². The molecule has 108 valence electrons. The van der Waals surface area contributed by atoms with Crippen molar-refractivity contribution in [2.24, 2.45) is 0 Å². The first-order valence-corrected chi connectivity index (χ1v) is 6.84. The summed E-state index contributed by atoms with van der Waals surface area (Å²) in [5.41, 5.74) is 6.25. The third-order valence-electron chi connectivity index (χ3n) is 3.32. The van der Waals surface area contributed by atoms with Crippen LogP contribution in [-0.4, -0.2) is 35.4 Å². The normalized spacial score (nSPS) is 14.9. The monoisotopic (exact) mass is 277 g/mol. The standard InChI is InChI=1S/C13H19N5O2/c1-2-20-11(19)9-18-12(15)10(8-14)13(16-18)17-6-4-3-5-7-17/h2-7,9,15H2,1H3. The third-order valence-corrected chi connectivity index (χ3v) is 3.32. The summed E-state index contributed by atoms with van der Waals surface area (Å²) in [6, 6.07) is 2.08. The van der Waals surface area contributed by atoms with Crippen LogP contribution >= 0.6 is 0 Å². The largest absolute Gasteiger partial charge is 0.465 e. The molecular weight excluding hydrogens is 258 g/mol. The van der Waals surface area contributed by atoms with Crippen molar-refractivity contribution < 1.29 is 9.53 Å². The number of anilines is 2. The molecule has 0 unspecified atom stereocenters. The number of nitriles is 1. The van der Waals surface area contributed by atoms with E-state index in [0.717, 1.165) is 25.9 Å². The highest BCUT2D eigenvalue weighted by Gasteiger charge is 2.23. The second-order valence-corrected chi connectivity index (χ2v) is 4.71. The zero-order valence-corrected chi connectivity index (χ0v) is 11.6. The Labute approximate surface area is 117 Å². The smallest absolute Gasteiger partial charge is 0.327 e. The van der Waals surface area contributed by atoms with Crippen molar-refractivity contribution in [3.63, 3.8) is 0 Å². The van der Waals surface area contributed by atoms with E-state index < -0.39 is 5.97 Å². The fourth-order valence-corrected chi connectivity index (χ4v) is 2.35. The second-order valence-electron chi connectivity index (χ2n) is 4.71. The van der Waals surface area contributed by atoms with Crippen LogP contribution in [0.5, 0.6) is 0 Å². The Morgan fingerprint density at radius 1 is 1.45 bits per heavy atom. The van der Waals surface area contributed by atoms with E-state index in [0.29, 0.717) is 18.0 Å². The predicted octanol–water partition coefficient (Wildman–Crippen LogP) is 0.890. The average molecular weight is 277 g/mol. The number of nitrogens with zero attached hydrogens (tertiary/aromatic N) is 4. The van der Waals surface area contributed by atoms with Crippen LogP contribution in [0.4, 0.5) is 11.6 Å². The predicted molar refractivity (Wildman–Crippen MR) is 74.1 cm³/mol. The Morgan fingerprint density at radius 2 is 2.15 bits per heavy atom. The maximum absolute atomic E-state index is 11.5. The van der Waals surface area contributed by atoms with Crippen LogP contribution in [0.1, 0.15) is 31.7 Å². The SMILES string of the molecule is CCOC(=O)Cn1nc(N2CCCCC2)c(C#N)c1N. The maximum atomic E-state index is 11.5. The number of nitrogens with two attached hydrogens (primary N) is 1. The molecule has 7 heteroatoms. The lowest BCUT2D eigenvalue weighted by molar-refractivity contribution is -0.143. The number of nitrogen functional groups attached to an aromatic ring is 1. The van der Waals surface area contributed by atoms with Gasteiger partial charge in [-0.1, -0.05) is 0 Å². The van der Waals surface area contributed by atoms with Gasteiger partial charge in [0.1, 0.15) is 24.0 Å². The zero-order chi connectivity index (χ0) is 14.5. The molecule has 1 aliphatic heterocycles. The van der Waals surface area contributed by atoms with Crippen molar-refractivity contribution >= 4 is 17.6 Å². The summed E-state index contributed by atoms with van der Waals surface area (Å²) in [5, 5.41) is 13.6. The Balaban J connectivity index is 2.24. The molecule has 0 atom stereocenters. The number of piperidine rings is 1. The highest BCUT2D eigenvalue weighted by atomic mass is 16.5. The molecule has 7 nitrogen and oxygen atoms in total. The van der Waals surface area contributed by atoms with Crippen LogP contribution in [0, 0.1) is 11.3 Å². The molecule has 2 N–H and O–H groups in total. The highest BCUT2D eigenvalue weighted by molar-refractivity contribution is 5.72. The number of carbonyl (C=O) groups is 1. The van der Waals surface area contributed by atoms with Crippen molar-refractivity contribution in [2.75, 3.05) is 30.3 Å². The van der Waals surface area contributed by atoms with Crippen LogP contribution in [0.3, 0.4) is 0 Å². The van der Waals surface area contributed by atoms with Gasteiger partial charge in [0, 0.05) is 13.1 Å². The molecule has 0 aromatic carbocycles. The van der Waals surface area contributed by atoms with Gasteiger partial charge in [0.05, 0.1) is 6.61 Å². The number of rotatable bonds is 4. The van der Waals surface area contributed by atoms with Crippen LogP contribution < -0.4 is 10.6 Å². The Morgan fingerprint density at radius 3 is 2.75 bits per heavy atom. The van der Waals surface area contributed by atoms with Gasteiger partial charge in [0.25, 0.3) is 0 Å². The number of hydrogen-bond donors (Lipinski definition) is 1. The van der Waals surface area contributed by atoms with Crippen LogP contribution in [0.2, 0.25) is 0 Å². The van der Waals surface area contributed by atoms with Gasteiger partial charge in [-0.3, -0.25) is 4.79 Å². The number of aromatic nitrogens is 2. The van der Waals surface area contributed by atoms with Crippen molar-refractivity contribution in [2.45, 2.75) is 32.7 Å². The van der Waals surface area contributed by atoms with E-state index in [2.05, 4.69) is 16.1 Å². The number of hydrogen-bond acceptors (Lipinski definition) is 6. The van der Waals surface area contributed by atoms with E-state index in [1.807, 2.05) is 0 Å². The van der Waals surface area contributed by atoms with Crippen LogP contribution in [0.25, 0.3) is 0 Å². The molecule has 0 saturated carbocycles. The summed E-state index contributed by atoms with van der Waals surface area (Å²) < 4.78 is 6.22. The Kier molecular flexibility index (Phi) is 4.45. The van der Waals surface area contributed by atoms with Gasteiger partial charge in [-0.05, 0) is 26.2 Å². The average Bonchev–Trinajstić information content (AvgIpc) is 2.76. The quantitative estimate of drug-likeness (QED) is 0.821. The summed E-state index contributed by atoms with van der Waals surface area (Å²) in [6.07, 6.45) is 3.35. The molecule has 0 aliphatic carbocycles. The van der Waals surface area contributed by atoms with Gasteiger partial charge in [0.15, 0.2) is 5.82 Å². The summed E-state index contributed by atoms with van der Waals surface area (Å²) in [4.78, 5) is 13.6. The molecule has 0 radical (unpaired) electrons. The molecule has 20 heavy (non-hydrogen) atoms. The number of esters is 1. The van der Waals surface area contributed by atoms with Crippen molar-refractivity contribution in [1.82, 2.24) is 9.78 Å². The van der Waals surface area contributed by atoms with Gasteiger partial charge in [-0.15, -0.1) is 0 Å². The Hall–Kier alpha value is -2.23. The fraction of sp³-hybridized carbons (Fsp3) is 0.615. The van der Waals surface area contributed by atoms with Crippen LogP contribution in [-0.2, 0) is 16.1 Å². The summed E-state index contributed by atoms with van der Waals surface area (Å²) in [5.74, 6) is 0.395. The molecule has 1 saturated heterocycles. The molecule has 0 amide bonds. The number of carbonyl (C=O) groups excluding carboxylic acids is 1. The minimum atomic E-state index is -0.406. The minimum absolute atomic E-state index is 0.0673. The third kappa shape index (κ3) is 2.85. The number of ether oxygens (including phenoxy) is 1. The lowest BCUT2D eigenvalue weighted by atomic mass is 10.1. The first-order chi connectivity index (χ1) is 9.67. The van der Waals surface area contributed by atoms with Gasteiger partial charge < -0.3 is 15.4 Å². The van der Waals surface area contributed by atoms with E-state index in [9.17, 15) is 10.1 Å². The molecule has 1 fully saturated rings. The van der Waals surface area contributed by atoms with E-state index in [1.165, 1.54) is 11.1 Å². The van der Waals surface area contributed by atoms with Crippen LogP contribution in [0.15, 0.2) is 0 Å². The minimum Gasteiger partial charge on any atom is -0.465 e. The van der Waals surface area contributed by atoms with E-state index in [1.54, 1.807) is 6.92 Å². The van der Waals surface area contributed by atoms with Crippen molar-refractivity contribution in [3.8, 4) is 6.07 Å². The topological polar surface area (TPSA) is 97.2 Å². The second kappa shape index (κ2) is 6.28. The van der Waals surface area contributed by atoms with Crippen molar-refractivity contribution in [3.05, 3.63) is 5.56 Å². The van der Waals surface area contributed by atoms with Crippen molar-refractivity contribution in [1.29, 1.82) is 5.26 Å². The summed E-state index contributed by atoms with van der Waals surface area (Å²) in [6.45, 7) is 3.71. The molecule has 1 aromatic rings. The lowest BCUT2D eigenvalue weighted by Gasteiger charge is -2.26.